The average molecular weight is 912 g/mol. The molecule has 0 aliphatic heterocycles. The minimum atomic E-state index is -2.31. The summed E-state index contributed by atoms with van der Waals surface area (Å²) in [5.41, 5.74) is -0.319. The molecule has 1 saturated carbocycles. The van der Waals surface area contributed by atoms with Gasteiger partial charge in [0.1, 0.15) is 11.5 Å². The van der Waals surface area contributed by atoms with Gasteiger partial charge in [-0.05, 0) is 62.5 Å². The van der Waals surface area contributed by atoms with Crippen LogP contribution in [-0.2, 0) is 20.2 Å². The lowest BCUT2D eigenvalue weighted by Gasteiger charge is -2.48. The molecule has 65 heavy (non-hydrogen) atoms. The first-order valence-corrected chi connectivity index (χ1v) is 26.8. The first-order chi connectivity index (χ1) is 31.2. The first kappa shape index (κ1) is 49.7. The van der Waals surface area contributed by atoms with E-state index in [1.165, 1.54) is 20.7 Å². The zero-order valence-corrected chi connectivity index (χ0v) is 42.4. The molecule has 1 amide bonds. The molecule has 0 saturated heterocycles. The van der Waals surface area contributed by atoms with Crippen molar-refractivity contribution in [1.82, 2.24) is 5.32 Å². The van der Waals surface area contributed by atoms with Gasteiger partial charge in [-0.25, -0.2) is 0 Å². The van der Waals surface area contributed by atoms with Gasteiger partial charge in [0.15, 0.2) is 0 Å². The van der Waals surface area contributed by atoms with Gasteiger partial charge in [0.2, 0.25) is 24.0 Å². The van der Waals surface area contributed by atoms with Gasteiger partial charge in [-0.2, -0.15) is 0 Å². The van der Waals surface area contributed by atoms with Crippen molar-refractivity contribution in [1.29, 1.82) is 0 Å². The lowest BCUT2D eigenvalue weighted by molar-refractivity contribution is -0.123. The second kappa shape index (κ2) is 23.1. The summed E-state index contributed by atoms with van der Waals surface area (Å²) in [6.07, 6.45) is 8.77. The van der Waals surface area contributed by atoms with E-state index in [4.69, 9.17) is 18.3 Å². The Kier molecular flexibility index (Phi) is 17.6. The van der Waals surface area contributed by atoms with Gasteiger partial charge in [0.05, 0.1) is 25.9 Å². The number of rotatable bonds is 21. The molecular weight excluding hydrogens is 839 g/mol. The van der Waals surface area contributed by atoms with Crippen LogP contribution in [0, 0.1) is 28.6 Å². The lowest BCUT2D eigenvalue weighted by atomic mass is 9.68. The van der Waals surface area contributed by atoms with Crippen LogP contribution in [0.2, 0.25) is 0 Å². The fraction of sp³-hybridized carbons (Fsp3) is 0.411. The van der Waals surface area contributed by atoms with Gasteiger partial charge in [-0.3, -0.25) is 4.79 Å². The number of methoxy groups -OCH3 is 2. The Balaban J connectivity index is 1.25. The zero-order chi connectivity index (χ0) is 46.5. The minimum Gasteiger partial charge on any atom is -0.497 e. The number of allylic oxidation sites excluding steroid dienone is 1. The Bertz CT molecular complexity index is 2150. The van der Waals surface area contributed by atoms with Gasteiger partial charge in [0, 0.05) is 49.5 Å². The molecule has 0 bridgehead atoms. The molecule has 346 valence electrons. The van der Waals surface area contributed by atoms with Crippen LogP contribution in [0.1, 0.15) is 85.6 Å². The smallest absolute Gasteiger partial charge is 0.240 e. The highest BCUT2D eigenvalue weighted by Gasteiger charge is 2.59. The number of unbranched alkanes of at least 4 members (excludes halogenated alkanes) is 2. The number of ether oxygens (including phenoxy) is 2. The molecule has 7 nitrogen and oxygen atoms in total. The molecule has 6 rings (SSSR count). The van der Waals surface area contributed by atoms with Crippen molar-refractivity contribution in [3.8, 4) is 11.5 Å². The quantitative estimate of drug-likeness (QED) is 0.0438. The molecule has 1 aliphatic rings. The summed E-state index contributed by atoms with van der Waals surface area (Å²) >= 11 is 0. The number of hydrogen-bond donors (Lipinski definition) is 2. The monoisotopic (exact) mass is 911 g/mol. The summed E-state index contributed by atoms with van der Waals surface area (Å²) in [5, 5.41) is 20.4. The molecule has 1 fully saturated rings. The fourth-order valence-corrected chi connectivity index (χ4v) is 14.8. The van der Waals surface area contributed by atoms with Gasteiger partial charge in [-0.15, -0.1) is 0 Å². The predicted molar refractivity (Wildman–Crippen MR) is 272 cm³/mol. The van der Waals surface area contributed by atoms with Gasteiger partial charge >= 0.3 is 0 Å². The number of amides is 1. The van der Waals surface area contributed by atoms with E-state index in [0.29, 0.717) is 24.5 Å². The van der Waals surface area contributed by atoms with E-state index in [-0.39, 0.29) is 35.5 Å². The van der Waals surface area contributed by atoms with Crippen LogP contribution in [0.15, 0.2) is 152 Å². The second-order valence-electron chi connectivity index (χ2n) is 19.9. The number of aliphatic hydroxyl groups is 1. The maximum Gasteiger partial charge on any atom is 0.240 e. The Morgan fingerprint density at radius 2 is 1.28 bits per heavy atom. The third kappa shape index (κ3) is 13.0. The van der Waals surface area contributed by atoms with Gasteiger partial charge in [-0.1, -0.05) is 188 Å². The van der Waals surface area contributed by atoms with E-state index < -0.39 is 35.2 Å². The summed E-state index contributed by atoms with van der Waals surface area (Å²) in [4.78, 5) is 14.1. The summed E-state index contributed by atoms with van der Waals surface area (Å²) < 4.78 is 25.5. The molecular formula is C56H73NO6Si2. The van der Waals surface area contributed by atoms with E-state index in [2.05, 4.69) is 168 Å². The highest BCUT2D eigenvalue weighted by Crippen LogP contribution is 2.55. The molecule has 0 spiro atoms. The van der Waals surface area contributed by atoms with Crippen LogP contribution in [0.25, 0.3) is 0 Å². The second-order valence-corrected chi connectivity index (χ2v) is 24.6. The third-order valence-electron chi connectivity index (χ3n) is 13.5. The molecule has 4 unspecified atom stereocenters. The summed E-state index contributed by atoms with van der Waals surface area (Å²) in [7, 11) is -0.850. The maximum atomic E-state index is 14.1. The summed E-state index contributed by atoms with van der Waals surface area (Å²) in [5.74, 6) is 0.880. The Labute approximate surface area is 393 Å². The number of carbonyl (C=O) groups is 1. The van der Waals surface area contributed by atoms with Crippen molar-refractivity contribution in [2.45, 2.75) is 98.3 Å². The van der Waals surface area contributed by atoms with Crippen molar-refractivity contribution in [2.75, 3.05) is 20.8 Å². The molecule has 5 aromatic carbocycles. The van der Waals surface area contributed by atoms with E-state index in [1.807, 2.05) is 30.3 Å². The Morgan fingerprint density at radius 1 is 0.738 bits per heavy atom. The van der Waals surface area contributed by atoms with Crippen LogP contribution < -0.4 is 35.5 Å². The average Bonchev–Trinajstić information content (AvgIpc) is 3.58. The summed E-state index contributed by atoms with van der Waals surface area (Å²) in [6, 6.07) is 48.2. The number of nitrogens with one attached hydrogen (secondary N) is 1. The SMILES string of the molecule is COc1ccc(CNC(=O)CC2C(O)CC(O[SiH](c3ccccc3)c3ccccc3)(C(C)(C)C)C2C=C[C@H](CCCCCO[SiH](c2ccccc2)c2ccccc2)C(C)(C)C)c(OC)c1. The van der Waals surface area contributed by atoms with E-state index in [1.54, 1.807) is 14.2 Å². The van der Waals surface area contributed by atoms with Crippen LogP contribution in [0.3, 0.4) is 0 Å². The van der Waals surface area contributed by atoms with Crippen LogP contribution in [-0.4, -0.2) is 61.6 Å². The lowest BCUT2D eigenvalue weighted by Crippen LogP contribution is -2.58. The topological polar surface area (TPSA) is 86.3 Å². The number of hydrogen-bond acceptors (Lipinski definition) is 6. The number of carbonyl (C=O) groups excluding carboxylic acids is 1. The Hall–Kier alpha value is -4.78. The molecule has 2 N–H and O–H groups in total. The molecule has 0 radical (unpaired) electrons. The number of benzene rings is 5. The van der Waals surface area contributed by atoms with Crippen molar-refractivity contribution in [3.05, 3.63) is 157 Å². The van der Waals surface area contributed by atoms with Crippen molar-refractivity contribution >= 4 is 44.7 Å². The van der Waals surface area contributed by atoms with Gasteiger partial charge < -0.3 is 28.7 Å². The van der Waals surface area contributed by atoms with Crippen LogP contribution in [0.5, 0.6) is 11.5 Å². The molecule has 1 aliphatic carbocycles. The predicted octanol–water partition coefficient (Wildman–Crippen LogP) is 8.38. The molecule has 0 aromatic heterocycles. The minimum absolute atomic E-state index is 0.0102. The van der Waals surface area contributed by atoms with Crippen molar-refractivity contribution in [2.24, 2.45) is 28.6 Å². The standard InChI is InChI=1S/C56H73NO6Si2/c1-54(2,3)43(24-14-13-23-37-62-64(45-25-15-9-16-26-45)46-27-17-10-18-28-46)34-36-50-49(39-53(59)57-41-42-33-35-44(60-7)38-52(42)61-8)51(58)40-56(50,55(4,5)6)63-65(47-29-19-11-20-30-47)48-31-21-12-22-32-48/h9-12,15-22,25-36,38,43,49-51,58,64-65H,13-14,23-24,37,39-41H2,1-8H3,(H,57,59)/t43-,49?,50?,51?,56?/m0/s1. The van der Waals surface area contributed by atoms with E-state index >= 15 is 0 Å². The zero-order valence-electron chi connectivity index (χ0n) is 40.0. The highest BCUT2D eigenvalue weighted by atomic mass is 28.3. The summed E-state index contributed by atoms with van der Waals surface area (Å²) in [6.45, 7) is 14.7. The molecule has 5 aromatic rings. The third-order valence-corrected chi connectivity index (χ3v) is 18.7. The van der Waals surface area contributed by atoms with Crippen LogP contribution in [0.4, 0.5) is 0 Å². The first-order valence-electron chi connectivity index (χ1n) is 23.6. The van der Waals surface area contributed by atoms with E-state index in [0.717, 1.165) is 37.9 Å². The highest BCUT2D eigenvalue weighted by molar-refractivity contribution is 6.80. The molecule has 5 atom stereocenters. The maximum absolute atomic E-state index is 14.1. The number of aliphatic hydroxyl groups excluding tert-OH is 1. The largest absolute Gasteiger partial charge is 0.497 e. The van der Waals surface area contributed by atoms with Crippen LogP contribution >= 0.6 is 0 Å². The molecule has 9 heteroatoms. The Morgan fingerprint density at radius 3 is 1.77 bits per heavy atom. The molecule has 0 heterocycles. The van der Waals surface area contributed by atoms with Crippen molar-refractivity contribution in [3.63, 3.8) is 0 Å². The fourth-order valence-electron chi connectivity index (χ4n) is 9.68. The van der Waals surface area contributed by atoms with Crippen molar-refractivity contribution < 1.29 is 28.2 Å². The van der Waals surface area contributed by atoms with Gasteiger partial charge in [0.25, 0.3) is 0 Å². The van der Waals surface area contributed by atoms with E-state index in [9.17, 15) is 9.90 Å². The normalized spacial score (nSPS) is 19.5.